The Kier molecular flexibility index (Phi) is 3.86. The van der Waals surface area contributed by atoms with Gasteiger partial charge in [0.2, 0.25) is 0 Å². The molecular formula is C11H16O3. The zero-order valence-electron chi connectivity index (χ0n) is 8.66. The molecule has 0 saturated carbocycles. The molecule has 0 fully saturated rings. The van der Waals surface area contributed by atoms with Crippen LogP contribution in [0.5, 0.6) is 0 Å². The second-order valence-electron chi connectivity index (χ2n) is 3.75. The van der Waals surface area contributed by atoms with Crippen LogP contribution in [0.3, 0.4) is 0 Å². The van der Waals surface area contributed by atoms with Crippen LogP contribution in [0.25, 0.3) is 0 Å². The van der Waals surface area contributed by atoms with Gasteiger partial charge in [-0.1, -0.05) is 13.0 Å². The summed E-state index contributed by atoms with van der Waals surface area (Å²) >= 11 is 0. The molecule has 1 aliphatic rings. The third-order valence-electron chi connectivity index (χ3n) is 2.86. The fourth-order valence-corrected chi connectivity index (χ4v) is 1.76. The molecule has 78 valence electrons. The van der Waals surface area contributed by atoms with Crippen molar-refractivity contribution in [2.45, 2.75) is 26.2 Å². The van der Waals surface area contributed by atoms with Gasteiger partial charge in [-0.2, -0.15) is 0 Å². The van der Waals surface area contributed by atoms with Crippen LogP contribution in [0.4, 0.5) is 0 Å². The largest absolute Gasteiger partial charge is 0.466 e. The lowest BCUT2D eigenvalue weighted by Crippen LogP contribution is -2.18. The summed E-state index contributed by atoms with van der Waals surface area (Å²) in [6, 6.07) is 0. The minimum atomic E-state index is -0.234. The molecule has 0 aromatic carbocycles. The van der Waals surface area contributed by atoms with Crippen molar-refractivity contribution in [1.82, 2.24) is 0 Å². The van der Waals surface area contributed by atoms with Crippen LogP contribution in [0, 0.1) is 11.8 Å². The van der Waals surface area contributed by atoms with Gasteiger partial charge >= 0.3 is 5.97 Å². The first-order chi connectivity index (χ1) is 6.69. The number of carbonyl (C=O) groups excluding carboxylic acids is 2. The molecule has 0 amide bonds. The Balaban J connectivity index is 2.55. The van der Waals surface area contributed by atoms with E-state index in [1.807, 2.05) is 13.0 Å². The summed E-state index contributed by atoms with van der Waals surface area (Å²) in [5.74, 6) is 0.244. The average Bonchev–Trinajstić information content (AvgIpc) is 2.27. The highest BCUT2D eigenvalue weighted by atomic mass is 16.5. The molecule has 2 atom stereocenters. The second kappa shape index (κ2) is 4.94. The molecule has 14 heavy (non-hydrogen) atoms. The van der Waals surface area contributed by atoms with E-state index >= 15 is 0 Å². The number of carbonyl (C=O) groups is 2. The van der Waals surface area contributed by atoms with E-state index in [1.54, 1.807) is 0 Å². The fraction of sp³-hybridized carbons (Fsp3) is 0.636. The Morgan fingerprint density at radius 1 is 1.71 bits per heavy atom. The number of aldehydes is 1. The van der Waals surface area contributed by atoms with Crippen molar-refractivity contribution in [3.63, 3.8) is 0 Å². The van der Waals surface area contributed by atoms with Gasteiger partial charge in [0.25, 0.3) is 0 Å². The first-order valence-electron chi connectivity index (χ1n) is 4.91. The van der Waals surface area contributed by atoms with E-state index in [4.69, 9.17) is 0 Å². The Morgan fingerprint density at radius 2 is 2.43 bits per heavy atom. The Labute approximate surface area is 84.1 Å². The monoisotopic (exact) mass is 196 g/mol. The van der Waals surface area contributed by atoms with Gasteiger partial charge in [0, 0.05) is 11.5 Å². The van der Waals surface area contributed by atoms with Gasteiger partial charge in [0.1, 0.15) is 6.29 Å². The smallest absolute Gasteiger partial charge is 0.333 e. The second-order valence-corrected chi connectivity index (χ2v) is 3.75. The van der Waals surface area contributed by atoms with Crippen LogP contribution < -0.4 is 0 Å². The van der Waals surface area contributed by atoms with Crippen molar-refractivity contribution >= 4 is 12.3 Å². The molecule has 0 heterocycles. The highest BCUT2D eigenvalue weighted by molar-refractivity contribution is 5.88. The van der Waals surface area contributed by atoms with Gasteiger partial charge in [0.05, 0.1) is 7.11 Å². The number of ether oxygens (including phenoxy) is 1. The van der Waals surface area contributed by atoms with Crippen molar-refractivity contribution in [2.24, 2.45) is 11.8 Å². The molecule has 0 aliphatic heterocycles. The Bertz CT molecular complexity index is 255. The number of esters is 1. The van der Waals surface area contributed by atoms with Crippen LogP contribution in [0.15, 0.2) is 11.6 Å². The Morgan fingerprint density at radius 3 is 2.86 bits per heavy atom. The first kappa shape index (κ1) is 11.0. The van der Waals surface area contributed by atoms with Gasteiger partial charge in [-0.05, 0) is 25.2 Å². The van der Waals surface area contributed by atoms with E-state index in [-0.39, 0.29) is 11.9 Å². The van der Waals surface area contributed by atoms with E-state index < -0.39 is 0 Å². The molecule has 3 heteroatoms. The maximum atomic E-state index is 11.2. The lowest BCUT2D eigenvalue weighted by atomic mass is 9.82. The summed E-state index contributed by atoms with van der Waals surface area (Å²) in [6.45, 7) is 1.93. The normalized spacial score (nSPS) is 23.6. The highest BCUT2D eigenvalue weighted by Gasteiger charge is 2.22. The van der Waals surface area contributed by atoms with Crippen molar-refractivity contribution in [1.29, 1.82) is 0 Å². The predicted molar refractivity (Wildman–Crippen MR) is 52.7 cm³/mol. The molecule has 3 nitrogen and oxygen atoms in total. The van der Waals surface area contributed by atoms with Gasteiger partial charge in [-0.15, -0.1) is 0 Å². The van der Waals surface area contributed by atoms with E-state index in [0.29, 0.717) is 5.92 Å². The molecule has 1 rings (SSSR count). The van der Waals surface area contributed by atoms with E-state index in [2.05, 4.69) is 4.74 Å². The standard InChI is InChI=1S/C11H16O3/c1-8(7-12)9-3-5-10(6-4-9)11(13)14-2/h5,7-9H,3-4,6H2,1-2H3/t8-,9+/m1/s1. The number of hydrogen-bond acceptors (Lipinski definition) is 3. The van der Waals surface area contributed by atoms with Crippen molar-refractivity contribution < 1.29 is 14.3 Å². The molecule has 0 bridgehead atoms. The van der Waals surface area contributed by atoms with Crippen LogP contribution in [-0.4, -0.2) is 19.4 Å². The predicted octanol–water partition coefficient (Wildman–Crippen LogP) is 1.72. The lowest BCUT2D eigenvalue weighted by molar-refractivity contribution is -0.136. The summed E-state index contributed by atoms with van der Waals surface area (Å²) in [4.78, 5) is 21.7. The molecule has 0 aromatic heterocycles. The highest BCUT2D eigenvalue weighted by Crippen LogP contribution is 2.28. The maximum Gasteiger partial charge on any atom is 0.333 e. The quantitative estimate of drug-likeness (QED) is 0.510. The molecule has 0 radical (unpaired) electrons. The minimum Gasteiger partial charge on any atom is -0.466 e. The average molecular weight is 196 g/mol. The third kappa shape index (κ3) is 2.44. The molecule has 0 spiro atoms. The first-order valence-corrected chi connectivity index (χ1v) is 4.91. The Hall–Kier alpha value is -1.12. The van der Waals surface area contributed by atoms with Gasteiger partial charge < -0.3 is 9.53 Å². The molecule has 1 aliphatic carbocycles. The molecular weight excluding hydrogens is 180 g/mol. The molecule has 0 N–H and O–H groups in total. The lowest BCUT2D eigenvalue weighted by Gasteiger charge is -2.23. The van der Waals surface area contributed by atoms with Gasteiger partial charge in [0.15, 0.2) is 0 Å². The fourth-order valence-electron chi connectivity index (χ4n) is 1.76. The number of allylic oxidation sites excluding steroid dienone is 1. The van der Waals surface area contributed by atoms with Crippen molar-refractivity contribution in [3.8, 4) is 0 Å². The number of hydrogen-bond donors (Lipinski definition) is 0. The topological polar surface area (TPSA) is 43.4 Å². The molecule has 0 unspecified atom stereocenters. The summed E-state index contributed by atoms with van der Waals surface area (Å²) in [5.41, 5.74) is 0.752. The minimum absolute atomic E-state index is 0.0884. The van der Waals surface area contributed by atoms with Crippen LogP contribution >= 0.6 is 0 Å². The number of methoxy groups -OCH3 is 1. The zero-order valence-corrected chi connectivity index (χ0v) is 8.66. The van der Waals surface area contributed by atoms with Crippen molar-refractivity contribution in [2.75, 3.05) is 7.11 Å². The van der Waals surface area contributed by atoms with Gasteiger partial charge in [-0.25, -0.2) is 4.79 Å². The van der Waals surface area contributed by atoms with E-state index in [0.717, 1.165) is 31.1 Å². The summed E-state index contributed by atoms with van der Waals surface area (Å²) < 4.78 is 4.63. The van der Waals surface area contributed by atoms with E-state index in [1.165, 1.54) is 7.11 Å². The summed E-state index contributed by atoms with van der Waals surface area (Å²) in [7, 11) is 1.39. The number of rotatable bonds is 3. The summed E-state index contributed by atoms with van der Waals surface area (Å²) in [5, 5.41) is 0. The molecule has 0 saturated heterocycles. The molecule has 0 aromatic rings. The van der Waals surface area contributed by atoms with Crippen molar-refractivity contribution in [3.05, 3.63) is 11.6 Å². The summed E-state index contributed by atoms with van der Waals surface area (Å²) in [6.07, 6.45) is 5.34. The zero-order chi connectivity index (χ0) is 10.6. The van der Waals surface area contributed by atoms with E-state index in [9.17, 15) is 9.59 Å². The van der Waals surface area contributed by atoms with Crippen LogP contribution in [-0.2, 0) is 14.3 Å². The van der Waals surface area contributed by atoms with Crippen LogP contribution in [0.2, 0.25) is 0 Å². The van der Waals surface area contributed by atoms with Gasteiger partial charge in [-0.3, -0.25) is 0 Å². The SMILES string of the molecule is COC(=O)C1=CC[C@H]([C@H](C)C=O)CC1. The maximum absolute atomic E-state index is 11.2. The third-order valence-corrected chi connectivity index (χ3v) is 2.86. The van der Waals surface area contributed by atoms with Crippen LogP contribution in [0.1, 0.15) is 26.2 Å².